The predicted octanol–water partition coefficient (Wildman–Crippen LogP) is 6.22. The number of nitrogens with one attached hydrogen (secondary N) is 2. The molecule has 0 atom stereocenters. The van der Waals surface area contributed by atoms with Gasteiger partial charge in [0.25, 0.3) is 0 Å². The minimum absolute atomic E-state index is 0.122. The molecule has 3 aromatic carbocycles. The monoisotopic (exact) mass is 412 g/mol. The number of H-pyrrole nitrogens is 2. The first-order chi connectivity index (χ1) is 14.6. The molecule has 1 heterocycles. The highest BCUT2D eigenvalue weighted by Gasteiger charge is 2.53. The lowest BCUT2D eigenvalue weighted by atomic mass is 9.52. The van der Waals surface area contributed by atoms with Gasteiger partial charge in [0.1, 0.15) is 5.75 Å². The average Bonchev–Trinajstić information content (AvgIpc) is 3.13. The zero-order valence-electron chi connectivity index (χ0n) is 18.5. The Hall–Kier alpha value is -3.01. The highest BCUT2D eigenvalue weighted by Crippen LogP contribution is 2.64. The molecule has 3 N–H and O–H groups in total. The van der Waals surface area contributed by atoms with Crippen LogP contribution in [0.5, 0.6) is 5.75 Å². The van der Waals surface area contributed by atoms with E-state index >= 15 is 0 Å². The van der Waals surface area contributed by atoms with Crippen molar-refractivity contribution in [2.45, 2.75) is 52.4 Å². The second kappa shape index (κ2) is 5.61. The van der Waals surface area contributed by atoms with Crippen LogP contribution in [0.3, 0.4) is 0 Å². The number of phenolic OH excluding ortho intramolecular Hbond substituents is 1. The molecule has 1 aromatic heterocycles. The largest absolute Gasteiger partial charge is 0.507 e. The van der Waals surface area contributed by atoms with Gasteiger partial charge < -0.3 is 15.1 Å². The van der Waals surface area contributed by atoms with Gasteiger partial charge in [-0.25, -0.2) is 4.79 Å². The Labute approximate surface area is 181 Å². The van der Waals surface area contributed by atoms with Crippen LogP contribution in [0.4, 0.5) is 0 Å². The van der Waals surface area contributed by atoms with Crippen molar-refractivity contribution in [1.29, 1.82) is 0 Å². The molecule has 2 aliphatic rings. The second-order valence-corrected chi connectivity index (χ2v) is 11.3. The highest BCUT2D eigenvalue weighted by atomic mass is 16.3. The maximum Gasteiger partial charge on any atom is 0.323 e. The number of hydrogen-bond donors (Lipinski definition) is 3. The third-order valence-electron chi connectivity index (χ3n) is 7.50. The number of phenols is 1. The van der Waals surface area contributed by atoms with Gasteiger partial charge in [-0.05, 0) is 75.9 Å². The van der Waals surface area contributed by atoms with Crippen molar-refractivity contribution in [3.8, 4) is 16.9 Å². The molecule has 0 bridgehead atoms. The van der Waals surface area contributed by atoms with Crippen molar-refractivity contribution in [2.24, 2.45) is 10.8 Å². The topological polar surface area (TPSA) is 68.9 Å². The van der Waals surface area contributed by atoms with Gasteiger partial charge in [-0.2, -0.15) is 0 Å². The van der Waals surface area contributed by atoms with Gasteiger partial charge >= 0.3 is 5.69 Å². The molecule has 1 spiro atoms. The first-order valence-corrected chi connectivity index (χ1v) is 11.1. The normalized spacial score (nSPS) is 20.3. The number of rotatable bonds is 0. The van der Waals surface area contributed by atoms with Crippen molar-refractivity contribution in [3.63, 3.8) is 0 Å². The number of aromatic amines is 2. The summed E-state index contributed by atoms with van der Waals surface area (Å²) < 4.78 is 0. The molecular formula is C27H28N2O2. The van der Waals surface area contributed by atoms with E-state index in [1.54, 1.807) is 0 Å². The Morgan fingerprint density at radius 3 is 2.10 bits per heavy atom. The SMILES string of the molecule is CC1(C)CC(C)(C)CC2(C1)c1ccccc1-c1c2cc(O)c2cc3[nH]c(=O)[nH]c3cc12. The fraction of sp³-hybridized carbons (Fsp3) is 0.370. The Morgan fingerprint density at radius 2 is 1.42 bits per heavy atom. The van der Waals surface area contributed by atoms with Gasteiger partial charge in [0.2, 0.25) is 0 Å². The molecule has 6 rings (SSSR count). The molecule has 4 aromatic rings. The molecule has 0 aliphatic heterocycles. The number of hydrogen-bond acceptors (Lipinski definition) is 2. The zero-order valence-corrected chi connectivity index (χ0v) is 18.5. The molecule has 1 fully saturated rings. The summed E-state index contributed by atoms with van der Waals surface area (Å²) in [5.41, 5.74) is 6.60. The van der Waals surface area contributed by atoms with Gasteiger partial charge in [-0.3, -0.25) is 0 Å². The van der Waals surface area contributed by atoms with E-state index in [-0.39, 0.29) is 27.7 Å². The molecule has 2 aliphatic carbocycles. The summed E-state index contributed by atoms with van der Waals surface area (Å²) in [6, 6.07) is 14.7. The maximum atomic E-state index is 11.9. The molecule has 1 saturated carbocycles. The average molecular weight is 413 g/mol. The summed E-state index contributed by atoms with van der Waals surface area (Å²) in [5.74, 6) is 0.283. The number of fused-ring (bicyclic) bond motifs is 8. The number of imidazole rings is 1. The summed E-state index contributed by atoms with van der Waals surface area (Å²) in [6.07, 6.45) is 3.30. The molecule has 158 valence electrons. The molecule has 4 nitrogen and oxygen atoms in total. The van der Waals surface area contributed by atoms with Crippen molar-refractivity contribution < 1.29 is 5.11 Å². The molecule has 0 amide bonds. The lowest BCUT2D eigenvalue weighted by molar-refractivity contribution is 0.0645. The van der Waals surface area contributed by atoms with E-state index in [0.717, 1.165) is 29.1 Å². The quantitative estimate of drug-likeness (QED) is 0.321. The van der Waals surface area contributed by atoms with Crippen LogP contribution in [-0.2, 0) is 5.41 Å². The van der Waals surface area contributed by atoms with Crippen molar-refractivity contribution in [1.82, 2.24) is 9.97 Å². The van der Waals surface area contributed by atoms with Crippen molar-refractivity contribution in [3.05, 3.63) is 64.1 Å². The van der Waals surface area contributed by atoms with Crippen LogP contribution in [0, 0.1) is 10.8 Å². The smallest absolute Gasteiger partial charge is 0.323 e. The second-order valence-electron chi connectivity index (χ2n) is 11.3. The maximum absolute atomic E-state index is 11.9. The lowest BCUT2D eigenvalue weighted by Gasteiger charge is -2.51. The summed E-state index contributed by atoms with van der Waals surface area (Å²) in [4.78, 5) is 17.6. The summed E-state index contributed by atoms with van der Waals surface area (Å²) in [7, 11) is 0. The van der Waals surface area contributed by atoms with Gasteiger partial charge in [0.15, 0.2) is 0 Å². The van der Waals surface area contributed by atoms with Crippen molar-refractivity contribution >= 4 is 21.8 Å². The van der Waals surface area contributed by atoms with E-state index in [2.05, 4.69) is 61.9 Å². The van der Waals surface area contributed by atoms with E-state index < -0.39 is 0 Å². The fourth-order valence-corrected chi connectivity index (χ4v) is 7.36. The number of aromatic nitrogens is 2. The number of benzene rings is 3. The Kier molecular flexibility index (Phi) is 3.39. The third kappa shape index (κ3) is 2.51. The first-order valence-electron chi connectivity index (χ1n) is 11.1. The van der Waals surface area contributed by atoms with Gasteiger partial charge in [0, 0.05) is 10.8 Å². The summed E-state index contributed by atoms with van der Waals surface area (Å²) in [5, 5.41) is 12.9. The van der Waals surface area contributed by atoms with Crippen LogP contribution in [0.15, 0.2) is 47.3 Å². The van der Waals surface area contributed by atoms with Crippen LogP contribution in [0.1, 0.15) is 58.1 Å². The van der Waals surface area contributed by atoms with Crippen LogP contribution in [-0.4, -0.2) is 15.1 Å². The Bertz CT molecular complexity index is 1440. The standard InChI is InChI=1S/C27H28N2O2/c1-25(2)12-26(3,4)14-27(13-25)18-8-6-5-7-15(18)23-17-10-21-20(28-24(31)29-21)9-16(17)22(30)11-19(23)27/h5-11,30H,12-14H2,1-4H3,(H2,28,29,31). The molecule has 31 heavy (non-hydrogen) atoms. The number of aromatic hydroxyl groups is 1. The lowest BCUT2D eigenvalue weighted by Crippen LogP contribution is -2.43. The van der Waals surface area contributed by atoms with Gasteiger partial charge in [-0.15, -0.1) is 0 Å². The molecule has 4 heteroatoms. The van der Waals surface area contributed by atoms with Crippen molar-refractivity contribution in [2.75, 3.05) is 0 Å². The van der Waals surface area contributed by atoms with Crippen LogP contribution in [0.25, 0.3) is 32.9 Å². The fourth-order valence-electron chi connectivity index (χ4n) is 7.36. The molecule has 0 saturated heterocycles. The molecule has 0 unspecified atom stereocenters. The van der Waals surface area contributed by atoms with E-state index in [1.807, 2.05) is 18.2 Å². The Morgan fingerprint density at radius 1 is 0.806 bits per heavy atom. The van der Waals surface area contributed by atoms with Crippen LogP contribution >= 0.6 is 0 Å². The summed E-state index contributed by atoms with van der Waals surface area (Å²) in [6.45, 7) is 9.52. The third-order valence-corrected chi connectivity index (χ3v) is 7.50. The van der Waals surface area contributed by atoms with Crippen LogP contribution < -0.4 is 5.69 Å². The minimum Gasteiger partial charge on any atom is -0.507 e. The molecular weight excluding hydrogens is 384 g/mol. The van der Waals surface area contributed by atoms with Gasteiger partial charge in [0.05, 0.1) is 11.0 Å². The zero-order chi connectivity index (χ0) is 21.8. The van der Waals surface area contributed by atoms with Crippen LogP contribution in [0.2, 0.25) is 0 Å². The van der Waals surface area contributed by atoms with E-state index in [1.165, 1.54) is 28.7 Å². The highest BCUT2D eigenvalue weighted by molar-refractivity contribution is 6.09. The van der Waals surface area contributed by atoms with E-state index in [0.29, 0.717) is 5.52 Å². The van der Waals surface area contributed by atoms with E-state index in [9.17, 15) is 9.90 Å². The minimum atomic E-state index is -0.228. The van der Waals surface area contributed by atoms with Gasteiger partial charge in [-0.1, -0.05) is 52.0 Å². The first kappa shape index (κ1) is 18.7. The predicted molar refractivity (Wildman–Crippen MR) is 126 cm³/mol. The van der Waals surface area contributed by atoms with E-state index in [4.69, 9.17) is 0 Å². The molecule has 0 radical (unpaired) electrons. The summed E-state index contributed by atoms with van der Waals surface area (Å²) >= 11 is 0. The Balaban J connectivity index is 1.76.